The van der Waals surface area contributed by atoms with Gasteiger partial charge in [-0.25, -0.2) is 0 Å². The molecule has 0 atom stereocenters. The van der Waals surface area contributed by atoms with Crippen LogP contribution in [-0.4, -0.2) is 24.7 Å². The number of hydrogen-bond donors (Lipinski definition) is 2. The van der Waals surface area contributed by atoms with Crippen LogP contribution >= 0.6 is 0 Å². The number of carboxylic acids is 1. The third-order valence-corrected chi connectivity index (χ3v) is 6.69. The summed E-state index contributed by atoms with van der Waals surface area (Å²) in [6, 6.07) is 0. The van der Waals surface area contributed by atoms with Crippen LogP contribution in [0.4, 0.5) is 0 Å². The molecule has 0 unspecified atom stereocenters. The maximum absolute atomic E-state index is 10.1. The first-order valence-electron chi connectivity index (χ1n) is 12.0. The van der Waals surface area contributed by atoms with Crippen molar-refractivity contribution in [1.82, 2.24) is 5.32 Å². The molecule has 0 bridgehead atoms. The molecule has 0 spiro atoms. The smallest absolute Gasteiger partial charge is 0.303 e. The molecule has 0 aromatic carbocycles. The number of carboxylic acid groups (broad SMARTS) is 1. The zero-order valence-corrected chi connectivity index (χ0v) is 18.3. The third-order valence-electron chi connectivity index (χ3n) is 6.69. The van der Waals surface area contributed by atoms with Gasteiger partial charge in [0.05, 0.1) is 0 Å². The largest absolute Gasteiger partial charge is 0.481 e. The predicted octanol–water partition coefficient (Wildman–Crippen LogP) is 6.80. The van der Waals surface area contributed by atoms with Crippen LogP contribution in [0, 0.1) is 17.8 Å². The van der Waals surface area contributed by atoms with Crippen LogP contribution in [0.15, 0.2) is 0 Å². The second-order valence-electron chi connectivity index (χ2n) is 8.93. The molecule has 160 valence electrons. The van der Waals surface area contributed by atoms with Crippen molar-refractivity contribution >= 4 is 5.97 Å². The lowest BCUT2D eigenvalue weighted by molar-refractivity contribution is -0.137. The van der Waals surface area contributed by atoms with Gasteiger partial charge in [-0.2, -0.15) is 0 Å². The molecular formula is C24H47NO2. The molecule has 27 heavy (non-hydrogen) atoms. The molecule has 3 heteroatoms. The van der Waals surface area contributed by atoms with E-state index in [0.717, 1.165) is 30.6 Å². The van der Waals surface area contributed by atoms with Crippen molar-refractivity contribution in [2.24, 2.45) is 17.8 Å². The molecule has 2 aliphatic carbocycles. The summed E-state index contributed by atoms with van der Waals surface area (Å²) in [6.45, 7) is 3.45. The molecule has 2 rings (SSSR count). The number of carbonyl (C=O) groups is 1. The fourth-order valence-corrected chi connectivity index (χ4v) is 5.14. The summed E-state index contributed by atoms with van der Waals surface area (Å²) in [4.78, 5) is 10.1. The molecule has 2 aliphatic rings. The number of rotatable bonds is 11. The van der Waals surface area contributed by atoms with Crippen molar-refractivity contribution in [2.75, 3.05) is 13.6 Å². The van der Waals surface area contributed by atoms with Crippen LogP contribution in [0.25, 0.3) is 0 Å². The molecule has 0 amide bonds. The lowest BCUT2D eigenvalue weighted by Gasteiger charge is -2.37. The molecule has 2 fully saturated rings. The minimum atomic E-state index is -0.666. The Bertz CT molecular complexity index is 328. The normalized spacial score (nSPS) is 18.9. The second-order valence-corrected chi connectivity index (χ2v) is 8.93. The highest BCUT2D eigenvalue weighted by Crippen LogP contribution is 2.39. The maximum Gasteiger partial charge on any atom is 0.303 e. The fraction of sp³-hybridized carbons (Fsp3) is 0.958. The fourth-order valence-electron chi connectivity index (χ4n) is 5.14. The Labute approximate surface area is 169 Å². The summed E-state index contributed by atoms with van der Waals surface area (Å²) in [5, 5.41) is 11.8. The maximum atomic E-state index is 10.1. The van der Waals surface area contributed by atoms with E-state index in [1.165, 1.54) is 96.4 Å². The van der Waals surface area contributed by atoms with Gasteiger partial charge < -0.3 is 10.4 Å². The van der Waals surface area contributed by atoms with Crippen molar-refractivity contribution in [3.05, 3.63) is 0 Å². The van der Waals surface area contributed by atoms with Gasteiger partial charge in [0, 0.05) is 6.42 Å². The van der Waals surface area contributed by atoms with E-state index >= 15 is 0 Å². The minimum Gasteiger partial charge on any atom is -0.481 e. The zero-order chi connectivity index (χ0) is 19.7. The van der Waals surface area contributed by atoms with Gasteiger partial charge in [-0.15, -0.1) is 0 Å². The van der Waals surface area contributed by atoms with E-state index in [-0.39, 0.29) is 0 Å². The Morgan fingerprint density at radius 1 is 0.852 bits per heavy atom. The highest BCUT2D eigenvalue weighted by molar-refractivity contribution is 5.66. The van der Waals surface area contributed by atoms with Crippen LogP contribution in [0.3, 0.4) is 0 Å². The van der Waals surface area contributed by atoms with E-state index in [9.17, 15) is 4.79 Å². The van der Waals surface area contributed by atoms with Gasteiger partial charge in [-0.05, 0) is 37.8 Å². The SMILES string of the molecule is CCCCCCCCC(=O)O.CNCC(C1CCCCC1)C1CCCCC1. The van der Waals surface area contributed by atoms with Crippen LogP contribution in [-0.2, 0) is 4.79 Å². The van der Waals surface area contributed by atoms with E-state index in [0.29, 0.717) is 6.42 Å². The lowest BCUT2D eigenvalue weighted by atomic mass is 9.69. The average molecular weight is 382 g/mol. The van der Waals surface area contributed by atoms with Crippen molar-refractivity contribution in [2.45, 2.75) is 116 Å². The monoisotopic (exact) mass is 381 g/mol. The van der Waals surface area contributed by atoms with Gasteiger partial charge in [-0.1, -0.05) is 103 Å². The summed E-state index contributed by atoms with van der Waals surface area (Å²) in [7, 11) is 2.14. The Hall–Kier alpha value is -0.570. The molecule has 3 nitrogen and oxygen atoms in total. The van der Waals surface area contributed by atoms with Crippen molar-refractivity contribution in [1.29, 1.82) is 0 Å². The van der Waals surface area contributed by atoms with Crippen molar-refractivity contribution in [3.8, 4) is 0 Å². The van der Waals surface area contributed by atoms with E-state index in [1.54, 1.807) is 0 Å². The molecule has 0 aliphatic heterocycles. The highest BCUT2D eigenvalue weighted by atomic mass is 16.4. The van der Waals surface area contributed by atoms with E-state index < -0.39 is 5.97 Å². The van der Waals surface area contributed by atoms with Crippen LogP contribution in [0.2, 0.25) is 0 Å². The number of hydrogen-bond acceptors (Lipinski definition) is 2. The average Bonchev–Trinajstić information content (AvgIpc) is 2.70. The summed E-state index contributed by atoms with van der Waals surface area (Å²) in [5.74, 6) is 2.42. The summed E-state index contributed by atoms with van der Waals surface area (Å²) in [5.41, 5.74) is 0. The Kier molecular flexibility index (Phi) is 14.9. The molecule has 0 heterocycles. The van der Waals surface area contributed by atoms with E-state index in [2.05, 4.69) is 19.3 Å². The van der Waals surface area contributed by atoms with Crippen molar-refractivity contribution < 1.29 is 9.90 Å². The van der Waals surface area contributed by atoms with Crippen LogP contribution in [0.5, 0.6) is 0 Å². The predicted molar refractivity (Wildman–Crippen MR) is 116 cm³/mol. The molecule has 2 saturated carbocycles. The van der Waals surface area contributed by atoms with Gasteiger partial charge in [0.1, 0.15) is 0 Å². The molecule has 0 aromatic heterocycles. The van der Waals surface area contributed by atoms with Crippen LogP contribution in [0.1, 0.15) is 116 Å². The number of aliphatic carboxylic acids is 1. The molecule has 0 aromatic rings. The molecular weight excluding hydrogens is 334 g/mol. The highest BCUT2D eigenvalue weighted by Gasteiger charge is 2.30. The standard InChI is InChI=1S/C15H29N.C9H18O2/c1-16-12-15(13-8-4-2-5-9-13)14-10-6-3-7-11-14;1-2-3-4-5-6-7-8-9(10)11/h13-16H,2-12H2,1H3;2-8H2,1H3,(H,10,11). The molecule has 2 N–H and O–H groups in total. The molecule has 0 saturated heterocycles. The lowest BCUT2D eigenvalue weighted by Crippen LogP contribution is -2.34. The quantitative estimate of drug-likeness (QED) is 0.387. The van der Waals surface area contributed by atoms with Gasteiger partial charge in [0.15, 0.2) is 0 Å². The molecule has 0 radical (unpaired) electrons. The Morgan fingerprint density at radius 2 is 1.33 bits per heavy atom. The summed E-state index contributed by atoms with van der Waals surface area (Å²) < 4.78 is 0. The van der Waals surface area contributed by atoms with E-state index in [1.807, 2.05) is 0 Å². The third kappa shape index (κ3) is 11.8. The number of unbranched alkanes of at least 4 members (excludes halogenated alkanes) is 5. The topological polar surface area (TPSA) is 49.3 Å². The Balaban J connectivity index is 0.000000293. The first-order valence-corrected chi connectivity index (χ1v) is 12.0. The van der Waals surface area contributed by atoms with Gasteiger partial charge in [-0.3, -0.25) is 4.79 Å². The van der Waals surface area contributed by atoms with Crippen LogP contribution < -0.4 is 5.32 Å². The Morgan fingerprint density at radius 3 is 1.78 bits per heavy atom. The first kappa shape index (κ1) is 24.5. The van der Waals surface area contributed by atoms with Gasteiger partial charge >= 0.3 is 5.97 Å². The zero-order valence-electron chi connectivity index (χ0n) is 18.3. The van der Waals surface area contributed by atoms with Gasteiger partial charge in [0.25, 0.3) is 0 Å². The first-order chi connectivity index (χ1) is 13.2. The van der Waals surface area contributed by atoms with Gasteiger partial charge in [0.2, 0.25) is 0 Å². The summed E-state index contributed by atoms with van der Waals surface area (Å²) >= 11 is 0. The van der Waals surface area contributed by atoms with E-state index in [4.69, 9.17) is 5.11 Å². The minimum absolute atomic E-state index is 0.339. The number of nitrogens with one attached hydrogen (secondary N) is 1. The van der Waals surface area contributed by atoms with Crippen molar-refractivity contribution in [3.63, 3.8) is 0 Å². The summed E-state index contributed by atoms with van der Waals surface area (Å²) in [6.07, 6.45) is 22.3. The second kappa shape index (κ2) is 16.4.